The van der Waals surface area contributed by atoms with Crippen molar-refractivity contribution in [2.24, 2.45) is 5.41 Å². The Hall–Kier alpha value is -2.15. The van der Waals surface area contributed by atoms with Gasteiger partial charge in [-0.25, -0.2) is 4.79 Å². The molecule has 1 fully saturated rings. The van der Waals surface area contributed by atoms with Crippen molar-refractivity contribution in [2.45, 2.75) is 32.4 Å². The lowest BCUT2D eigenvalue weighted by molar-refractivity contribution is -0.384. The summed E-state index contributed by atoms with van der Waals surface area (Å²) in [6, 6.07) is 3.49. The van der Waals surface area contributed by atoms with Crippen LogP contribution in [0.15, 0.2) is 18.2 Å². The molecule has 3 N–H and O–H groups in total. The van der Waals surface area contributed by atoms with Gasteiger partial charge < -0.3 is 15.5 Å². The SMILES string of the molecule is CC1(C)C(O)CC1Nc1cc(C(=O)O)ccc1[N+](=O)[O-]. The van der Waals surface area contributed by atoms with E-state index in [0.29, 0.717) is 6.42 Å². The molecular formula is C13H16N2O5. The van der Waals surface area contributed by atoms with Crippen LogP contribution in [0.25, 0.3) is 0 Å². The van der Waals surface area contributed by atoms with E-state index in [1.165, 1.54) is 18.2 Å². The summed E-state index contributed by atoms with van der Waals surface area (Å²) in [5.41, 5.74) is -0.435. The second-order valence-corrected chi connectivity index (χ2v) is 5.56. The summed E-state index contributed by atoms with van der Waals surface area (Å²) in [5, 5.41) is 32.6. The van der Waals surface area contributed by atoms with Crippen molar-refractivity contribution in [3.05, 3.63) is 33.9 Å². The molecule has 0 heterocycles. The molecule has 1 aromatic carbocycles. The molecule has 1 aliphatic carbocycles. The van der Waals surface area contributed by atoms with Crippen molar-refractivity contribution in [3.63, 3.8) is 0 Å². The van der Waals surface area contributed by atoms with Gasteiger partial charge in [-0.2, -0.15) is 0 Å². The number of aromatic carboxylic acids is 1. The smallest absolute Gasteiger partial charge is 0.335 e. The summed E-state index contributed by atoms with van der Waals surface area (Å²) in [6.45, 7) is 3.71. The summed E-state index contributed by atoms with van der Waals surface area (Å²) >= 11 is 0. The number of aliphatic hydroxyl groups is 1. The predicted octanol–water partition coefficient (Wildman–Crippen LogP) is 1.86. The maximum absolute atomic E-state index is 11.0. The van der Waals surface area contributed by atoms with Gasteiger partial charge in [-0.15, -0.1) is 0 Å². The van der Waals surface area contributed by atoms with Gasteiger partial charge in [0.2, 0.25) is 0 Å². The summed E-state index contributed by atoms with van der Waals surface area (Å²) in [4.78, 5) is 21.4. The van der Waals surface area contributed by atoms with E-state index in [1.807, 2.05) is 13.8 Å². The zero-order valence-corrected chi connectivity index (χ0v) is 11.2. The topological polar surface area (TPSA) is 113 Å². The lowest BCUT2D eigenvalue weighted by atomic mass is 9.64. The molecule has 1 saturated carbocycles. The van der Waals surface area contributed by atoms with E-state index < -0.39 is 22.4 Å². The normalized spacial score (nSPS) is 23.8. The summed E-state index contributed by atoms with van der Waals surface area (Å²) in [5.74, 6) is -1.14. The van der Waals surface area contributed by atoms with Crippen LogP contribution in [0, 0.1) is 15.5 Å². The first-order valence-corrected chi connectivity index (χ1v) is 6.20. The van der Waals surface area contributed by atoms with Crippen molar-refractivity contribution in [1.29, 1.82) is 0 Å². The van der Waals surface area contributed by atoms with Gasteiger partial charge in [0.1, 0.15) is 5.69 Å². The number of nitro benzene ring substituents is 1. The van der Waals surface area contributed by atoms with Crippen LogP contribution >= 0.6 is 0 Å². The van der Waals surface area contributed by atoms with Crippen molar-refractivity contribution in [3.8, 4) is 0 Å². The van der Waals surface area contributed by atoms with E-state index in [4.69, 9.17) is 5.11 Å². The van der Waals surface area contributed by atoms with Crippen LogP contribution in [0.3, 0.4) is 0 Å². The maximum Gasteiger partial charge on any atom is 0.335 e. The molecule has 0 aliphatic heterocycles. The number of aliphatic hydroxyl groups excluding tert-OH is 1. The van der Waals surface area contributed by atoms with Gasteiger partial charge in [0.25, 0.3) is 5.69 Å². The van der Waals surface area contributed by atoms with Gasteiger partial charge in [-0.05, 0) is 18.6 Å². The molecule has 0 bridgehead atoms. The van der Waals surface area contributed by atoms with E-state index in [2.05, 4.69) is 5.32 Å². The first kappa shape index (κ1) is 14.3. The molecule has 2 unspecified atom stereocenters. The third kappa shape index (κ3) is 2.32. The van der Waals surface area contributed by atoms with Gasteiger partial charge in [-0.3, -0.25) is 10.1 Å². The number of benzene rings is 1. The molecule has 20 heavy (non-hydrogen) atoms. The number of hydrogen-bond acceptors (Lipinski definition) is 5. The third-order valence-corrected chi connectivity index (χ3v) is 3.99. The van der Waals surface area contributed by atoms with E-state index >= 15 is 0 Å². The molecule has 0 saturated heterocycles. The second kappa shape index (κ2) is 4.75. The molecule has 0 radical (unpaired) electrons. The number of nitro groups is 1. The number of nitrogens with zero attached hydrogens (tertiary/aromatic N) is 1. The van der Waals surface area contributed by atoms with E-state index in [9.17, 15) is 20.0 Å². The van der Waals surface area contributed by atoms with Crippen LogP contribution < -0.4 is 5.32 Å². The number of carboxylic acids is 1. The highest BCUT2D eigenvalue weighted by Gasteiger charge is 2.47. The van der Waals surface area contributed by atoms with Crippen LogP contribution in [0.2, 0.25) is 0 Å². The molecule has 0 amide bonds. The zero-order chi connectivity index (χ0) is 15.1. The highest BCUT2D eigenvalue weighted by molar-refractivity contribution is 5.90. The van der Waals surface area contributed by atoms with Crippen LogP contribution in [0.1, 0.15) is 30.6 Å². The highest BCUT2D eigenvalue weighted by Crippen LogP contribution is 2.43. The molecular weight excluding hydrogens is 264 g/mol. The van der Waals surface area contributed by atoms with Crippen LogP contribution in [0.5, 0.6) is 0 Å². The molecule has 7 heteroatoms. The number of carbonyl (C=O) groups is 1. The van der Waals surface area contributed by atoms with Gasteiger partial charge in [0, 0.05) is 17.5 Å². The molecule has 0 spiro atoms. The number of carboxylic acid groups (broad SMARTS) is 1. The minimum absolute atomic E-state index is 0.0178. The number of anilines is 1. The Balaban J connectivity index is 2.32. The van der Waals surface area contributed by atoms with E-state index in [1.54, 1.807) is 0 Å². The molecule has 0 aromatic heterocycles. The Bertz CT molecular complexity index is 570. The van der Waals surface area contributed by atoms with Crippen molar-refractivity contribution in [2.75, 3.05) is 5.32 Å². The van der Waals surface area contributed by atoms with E-state index in [0.717, 1.165) is 0 Å². The Morgan fingerprint density at radius 3 is 2.60 bits per heavy atom. The predicted molar refractivity (Wildman–Crippen MR) is 71.9 cm³/mol. The van der Waals surface area contributed by atoms with Crippen molar-refractivity contribution in [1.82, 2.24) is 0 Å². The van der Waals surface area contributed by atoms with Gasteiger partial charge >= 0.3 is 5.97 Å². The van der Waals surface area contributed by atoms with Crippen molar-refractivity contribution >= 4 is 17.3 Å². The molecule has 1 aliphatic rings. The summed E-state index contributed by atoms with van der Waals surface area (Å²) < 4.78 is 0. The largest absolute Gasteiger partial charge is 0.478 e. The lowest BCUT2D eigenvalue weighted by Gasteiger charge is -2.49. The Morgan fingerprint density at radius 1 is 1.50 bits per heavy atom. The first-order valence-electron chi connectivity index (χ1n) is 6.20. The fourth-order valence-corrected chi connectivity index (χ4v) is 2.28. The van der Waals surface area contributed by atoms with Crippen LogP contribution in [-0.4, -0.2) is 33.3 Å². The third-order valence-electron chi connectivity index (χ3n) is 3.99. The quantitative estimate of drug-likeness (QED) is 0.573. The number of hydrogen-bond donors (Lipinski definition) is 3. The zero-order valence-electron chi connectivity index (χ0n) is 11.2. The lowest BCUT2D eigenvalue weighted by Crippen LogP contribution is -2.56. The average Bonchev–Trinajstić information content (AvgIpc) is 2.37. The molecule has 2 atom stereocenters. The Morgan fingerprint density at radius 2 is 2.15 bits per heavy atom. The molecule has 7 nitrogen and oxygen atoms in total. The number of rotatable bonds is 4. The monoisotopic (exact) mass is 280 g/mol. The fraction of sp³-hybridized carbons (Fsp3) is 0.462. The fourth-order valence-electron chi connectivity index (χ4n) is 2.28. The van der Waals surface area contributed by atoms with Gasteiger partial charge in [0.15, 0.2) is 0 Å². The maximum atomic E-state index is 11.0. The second-order valence-electron chi connectivity index (χ2n) is 5.56. The van der Waals surface area contributed by atoms with Crippen LogP contribution in [0.4, 0.5) is 11.4 Å². The van der Waals surface area contributed by atoms with Gasteiger partial charge in [-0.1, -0.05) is 13.8 Å². The summed E-state index contributed by atoms with van der Waals surface area (Å²) in [6.07, 6.45) is 0.00303. The highest BCUT2D eigenvalue weighted by atomic mass is 16.6. The van der Waals surface area contributed by atoms with E-state index in [-0.39, 0.29) is 23.0 Å². The summed E-state index contributed by atoms with van der Waals surface area (Å²) in [7, 11) is 0. The Labute approximate surface area is 115 Å². The van der Waals surface area contributed by atoms with Gasteiger partial charge in [0.05, 0.1) is 16.6 Å². The molecule has 1 aromatic rings. The molecule has 108 valence electrons. The van der Waals surface area contributed by atoms with Crippen molar-refractivity contribution < 1.29 is 19.9 Å². The standard InChI is InChI=1S/C13H16N2O5/c1-13(2)10(6-11(13)16)14-8-5-7(12(17)18)3-4-9(8)15(19)20/h3-5,10-11,14,16H,6H2,1-2H3,(H,17,18). The average molecular weight is 280 g/mol. The minimum atomic E-state index is -1.14. The Kier molecular flexibility index (Phi) is 3.39. The minimum Gasteiger partial charge on any atom is -0.478 e. The number of nitrogens with one attached hydrogen (secondary N) is 1. The first-order chi connectivity index (χ1) is 9.23. The van der Waals surface area contributed by atoms with Crippen LogP contribution in [-0.2, 0) is 0 Å². The molecule has 2 rings (SSSR count).